The van der Waals surface area contributed by atoms with Gasteiger partial charge in [0.2, 0.25) is 0 Å². The first-order chi connectivity index (χ1) is 12.4. The maximum Gasteiger partial charge on any atom is 0.259 e. The Balaban J connectivity index is 1.60. The van der Waals surface area contributed by atoms with Crippen molar-refractivity contribution in [3.8, 4) is 0 Å². The molecule has 0 bridgehead atoms. The molecule has 1 amide bonds. The molecule has 2 aliphatic rings. The third-order valence-electron chi connectivity index (χ3n) is 5.15. The topological polar surface area (TPSA) is 44.4 Å². The molecule has 7 heteroatoms. The third-order valence-corrected chi connectivity index (χ3v) is 6.96. The molecular formula is C19H25ClFN3OS. The molecule has 2 atom stereocenters. The summed E-state index contributed by atoms with van der Waals surface area (Å²) in [5, 5.41) is 6.23. The van der Waals surface area contributed by atoms with Crippen LogP contribution in [0.25, 0.3) is 0 Å². The lowest BCUT2D eigenvalue weighted by Crippen LogP contribution is -2.32. The van der Waals surface area contributed by atoms with E-state index in [1.165, 1.54) is 30.7 Å². The van der Waals surface area contributed by atoms with Gasteiger partial charge >= 0.3 is 0 Å². The minimum atomic E-state index is -0.385. The van der Waals surface area contributed by atoms with Crippen LogP contribution in [0.1, 0.15) is 42.7 Å². The van der Waals surface area contributed by atoms with E-state index in [0.29, 0.717) is 28.1 Å². The summed E-state index contributed by atoms with van der Waals surface area (Å²) >= 11 is 7.63. The number of nitrogens with one attached hydrogen (secondary N) is 2. The molecular weight excluding hydrogens is 373 g/mol. The molecule has 0 radical (unpaired) electrons. The Hall–Kier alpha value is -1.24. The predicted octanol–water partition coefficient (Wildman–Crippen LogP) is 3.95. The number of hydrogen-bond donors (Lipinski definition) is 2. The van der Waals surface area contributed by atoms with Crippen LogP contribution in [0.2, 0.25) is 5.02 Å². The Bertz CT molecular complexity index is 740. The summed E-state index contributed by atoms with van der Waals surface area (Å²) in [5.74, 6) is -0.461. The zero-order chi connectivity index (χ0) is 18.8. The molecule has 142 valence electrons. The lowest BCUT2D eigenvalue weighted by Gasteiger charge is -2.19. The van der Waals surface area contributed by atoms with Crippen molar-refractivity contribution >= 4 is 29.3 Å². The Morgan fingerprint density at radius 2 is 2.23 bits per heavy atom. The number of carbonyl (C=O) groups is 1. The van der Waals surface area contributed by atoms with Crippen LogP contribution in [0.15, 0.2) is 22.7 Å². The minimum absolute atomic E-state index is 0.104. The number of carbonyl (C=O) groups excluding carboxylic acids is 1. The molecule has 0 saturated carbocycles. The molecule has 1 aromatic carbocycles. The average molecular weight is 398 g/mol. The van der Waals surface area contributed by atoms with Gasteiger partial charge in [0.05, 0.1) is 9.93 Å². The van der Waals surface area contributed by atoms with E-state index in [9.17, 15) is 9.18 Å². The summed E-state index contributed by atoms with van der Waals surface area (Å²) in [5.41, 5.74) is 1.99. The second kappa shape index (κ2) is 8.19. The van der Waals surface area contributed by atoms with Gasteiger partial charge in [-0.3, -0.25) is 4.79 Å². The lowest BCUT2D eigenvalue weighted by atomic mass is 10.1. The number of allylic oxidation sites excluding steroid dienone is 1. The van der Waals surface area contributed by atoms with Crippen molar-refractivity contribution in [1.82, 2.24) is 15.5 Å². The predicted molar refractivity (Wildman–Crippen MR) is 106 cm³/mol. The van der Waals surface area contributed by atoms with Crippen molar-refractivity contribution in [3.63, 3.8) is 0 Å². The molecule has 2 N–H and O–H groups in total. The molecule has 26 heavy (non-hydrogen) atoms. The van der Waals surface area contributed by atoms with Crippen LogP contribution in [0.4, 0.5) is 4.39 Å². The largest absolute Gasteiger partial charge is 0.372 e. The molecule has 2 heterocycles. The van der Waals surface area contributed by atoms with Crippen molar-refractivity contribution in [2.75, 3.05) is 20.1 Å². The van der Waals surface area contributed by atoms with Gasteiger partial charge in [-0.1, -0.05) is 29.4 Å². The van der Waals surface area contributed by atoms with Gasteiger partial charge in [-0.25, -0.2) is 4.39 Å². The number of amides is 1. The summed E-state index contributed by atoms with van der Waals surface area (Å²) in [7, 11) is 2.13. The Kier molecular flexibility index (Phi) is 6.15. The smallest absolute Gasteiger partial charge is 0.259 e. The number of nitrogens with zero attached hydrogens (tertiary/aromatic N) is 1. The van der Waals surface area contributed by atoms with Crippen LogP contribution >= 0.6 is 23.4 Å². The van der Waals surface area contributed by atoms with Gasteiger partial charge < -0.3 is 15.5 Å². The number of likely N-dealkylation sites (tertiary alicyclic amines) is 1. The van der Waals surface area contributed by atoms with Crippen molar-refractivity contribution in [2.24, 2.45) is 0 Å². The monoisotopic (exact) mass is 397 g/mol. The quantitative estimate of drug-likeness (QED) is 0.789. The van der Waals surface area contributed by atoms with Gasteiger partial charge in [0.15, 0.2) is 0 Å². The molecule has 1 saturated heterocycles. The number of halogens is 2. The first-order valence-corrected chi connectivity index (χ1v) is 10.2. The Morgan fingerprint density at radius 1 is 1.46 bits per heavy atom. The number of aryl methyl sites for hydroxylation is 1. The zero-order valence-electron chi connectivity index (χ0n) is 15.4. The summed E-state index contributed by atoms with van der Waals surface area (Å²) < 4.78 is 14.3. The van der Waals surface area contributed by atoms with Gasteiger partial charge in [0.25, 0.3) is 5.91 Å². The highest BCUT2D eigenvalue weighted by atomic mass is 35.5. The standard InChI is InChI=1S/C19H25ClFN3OS/c1-11-6-7-14(21)15(16(11)20)19-23-12(2)17(26-19)18(25)22-9-8-13-5-4-10-24(13)3/h6-7,13,19,23H,4-5,8-10H2,1-3H3,(H,22,25). The van der Waals surface area contributed by atoms with E-state index in [4.69, 9.17) is 11.6 Å². The maximum atomic E-state index is 14.3. The van der Waals surface area contributed by atoms with Gasteiger partial charge in [0.1, 0.15) is 11.2 Å². The van der Waals surface area contributed by atoms with E-state index in [1.807, 2.05) is 13.8 Å². The van der Waals surface area contributed by atoms with E-state index in [-0.39, 0.29) is 17.1 Å². The second-order valence-corrected chi connectivity index (χ2v) is 8.50. The molecule has 0 aliphatic carbocycles. The number of rotatable bonds is 5. The normalized spacial score (nSPS) is 23.4. The van der Waals surface area contributed by atoms with Crippen molar-refractivity contribution in [1.29, 1.82) is 0 Å². The number of thioether (sulfide) groups is 1. The van der Waals surface area contributed by atoms with Gasteiger partial charge in [-0.2, -0.15) is 0 Å². The van der Waals surface area contributed by atoms with Crippen LogP contribution < -0.4 is 10.6 Å². The van der Waals surface area contributed by atoms with E-state index >= 15 is 0 Å². The zero-order valence-corrected chi connectivity index (χ0v) is 16.9. The molecule has 3 rings (SSSR count). The summed E-state index contributed by atoms with van der Waals surface area (Å²) in [6, 6.07) is 3.63. The Labute approximate surface area is 163 Å². The SMILES string of the molecule is CC1=C(C(=O)NCCC2CCCN2C)SC(c2c(F)ccc(C)c2Cl)N1. The molecule has 0 aromatic heterocycles. The average Bonchev–Trinajstić information content (AvgIpc) is 3.17. The van der Waals surface area contributed by atoms with Crippen LogP contribution in [0, 0.1) is 12.7 Å². The van der Waals surface area contributed by atoms with E-state index < -0.39 is 0 Å². The molecule has 1 fully saturated rings. The van der Waals surface area contributed by atoms with Crippen LogP contribution in [0.5, 0.6) is 0 Å². The first-order valence-electron chi connectivity index (χ1n) is 8.95. The van der Waals surface area contributed by atoms with Crippen LogP contribution in [0.3, 0.4) is 0 Å². The molecule has 0 spiro atoms. The van der Waals surface area contributed by atoms with Crippen molar-refractivity contribution in [3.05, 3.63) is 44.7 Å². The van der Waals surface area contributed by atoms with Crippen LogP contribution in [-0.4, -0.2) is 37.0 Å². The Morgan fingerprint density at radius 3 is 2.92 bits per heavy atom. The minimum Gasteiger partial charge on any atom is -0.372 e. The number of benzene rings is 1. The molecule has 1 aromatic rings. The molecule has 4 nitrogen and oxygen atoms in total. The van der Waals surface area contributed by atoms with Gasteiger partial charge in [0, 0.05) is 23.8 Å². The first kappa shape index (κ1) is 19.5. The van der Waals surface area contributed by atoms with E-state index in [2.05, 4.69) is 22.6 Å². The highest BCUT2D eigenvalue weighted by Crippen LogP contribution is 2.44. The fraction of sp³-hybridized carbons (Fsp3) is 0.526. The number of hydrogen-bond acceptors (Lipinski definition) is 4. The van der Waals surface area contributed by atoms with Gasteiger partial charge in [-0.05, 0) is 58.3 Å². The highest BCUT2D eigenvalue weighted by molar-refractivity contribution is 8.04. The van der Waals surface area contributed by atoms with E-state index in [0.717, 1.165) is 24.2 Å². The lowest BCUT2D eigenvalue weighted by molar-refractivity contribution is -0.116. The van der Waals surface area contributed by atoms with Crippen LogP contribution in [-0.2, 0) is 4.79 Å². The maximum absolute atomic E-state index is 14.3. The summed E-state index contributed by atoms with van der Waals surface area (Å²) in [6.07, 6.45) is 3.37. The van der Waals surface area contributed by atoms with Crippen molar-refractivity contribution < 1.29 is 9.18 Å². The van der Waals surface area contributed by atoms with E-state index in [1.54, 1.807) is 6.07 Å². The molecule has 2 unspecified atom stereocenters. The summed E-state index contributed by atoms with van der Waals surface area (Å²) in [6.45, 7) is 5.47. The fourth-order valence-electron chi connectivity index (χ4n) is 3.55. The molecule has 2 aliphatic heterocycles. The summed E-state index contributed by atoms with van der Waals surface area (Å²) in [4.78, 5) is 15.5. The van der Waals surface area contributed by atoms with Gasteiger partial charge in [-0.15, -0.1) is 0 Å². The third kappa shape index (κ3) is 4.02. The second-order valence-electron chi connectivity index (χ2n) is 7.01. The highest BCUT2D eigenvalue weighted by Gasteiger charge is 2.31. The van der Waals surface area contributed by atoms with Crippen molar-refractivity contribution in [2.45, 2.75) is 44.5 Å². The fourth-order valence-corrected chi connectivity index (χ4v) is 5.11.